The molecule has 0 fully saturated rings. The molecule has 0 saturated heterocycles. The van der Waals surface area contributed by atoms with Gasteiger partial charge < -0.3 is 47.1 Å². The van der Waals surface area contributed by atoms with Crippen LogP contribution in [0.25, 0.3) is 12.2 Å². The molecule has 4 heterocycles. The number of carboxylic acids is 1. The Bertz CT molecular complexity index is 1410. The molecule has 4 aromatic rings. The number of halogens is 5. The van der Waals surface area contributed by atoms with Crippen LogP contribution in [0.1, 0.15) is 39.3 Å². The SMILES string of the molecule is CC(=O)O.Cl.Nc1ncc(/C=C/CNC(=O)c2cc(Br)c(Br)[nH]2)[nH]1.Nc1ncc(/C=C\CNC(=O)c2cc(Br)c(Br)[nH]2)[nH]1. The first-order valence-corrected chi connectivity index (χ1v) is 14.8. The van der Waals surface area contributed by atoms with Gasteiger partial charge in [-0.3, -0.25) is 14.4 Å². The van der Waals surface area contributed by atoms with Crippen molar-refractivity contribution in [1.82, 2.24) is 40.5 Å². The van der Waals surface area contributed by atoms with Crippen molar-refractivity contribution < 1.29 is 19.5 Å². The molecule has 14 nitrogen and oxygen atoms in total. The van der Waals surface area contributed by atoms with E-state index in [1.807, 2.05) is 0 Å². The quantitative estimate of drug-likeness (QED) is 0.115. The molecule has 4 rings (SSSR count). The van der Waals surface area contributed by atoms with E-state index in [-0.39, 0.29) is 24.2 Å². The van der Waals surface area contributed by atoms with Crippen molar-refractivity contribution in [2.75, 3.05) is 24.6 Å². The molecule has 2 amide bonds. The van der Waals surface area contributed by atoms with Gasteiger partial charge in [0.1, 0.15) is 11.4 Å². The minimum atomic E-state index is -0.833. The van der Waals surface area contributed by atoms with Crippen LogP contribution in [0.5, 0.6) is 0 Å². The second-order valence-corrected chi connectivity index (χ2v) is 11.2. The maximum Gasteiger partial charge on any atom is 0.300 e. The number of imidazole rings is 2. The van der Waals surface area contributed by atoms with Crippen LogP contribution in [0.3, 0.4) is 0 Å². The van der Waals surface area contributed by atoms with Crippen molar-refractivity contribution in [3.05, 3.63) is 77.6 Å². The van der Waals surface area contributed by atoms with E-state index in [9.17, 15) is 9.59 Å². The summed E-state index contributed by atoms with van der Waals surface area (Å²) in [5.74, 6) is -0.463. The van der Waals surface area contributed by atoms with Crippen LogP contribution < -0.4 is 22.1 Å². The predicted molar refractivity (Wildman–Crippen MR) is 182 cm³/mol. The lowest BCUT2D eigenvalue weighted by Gasteiger charge is -1.98. The van der Waals surface area contributed by atoms with Crippen molar-refractivity contribution in [1.29, 1.82) is 0 Å². The molecule has 19 heteroatoms. The Morgan fingerprint density at radius 2 is 1.14 bits per heavy atom. The minimum Gasteiger partial charge on any atom is -0.481 e. The molecule has 0 aliphatic heterocycles. The third-order valence-electron chi connectivity index (χ3n) is 4.53. The van der Waals surface area contributed by atoms with E-state index in [2.05, 4.69) is 104 Å². The fourth-order valence-corrected chi connectivity index (χ4v) is 4.10. The van der Waals surface area contributed by atoms with Gasteiger partial charge in [-0.05, 0) is 88.0 Å². The van der Waals surface area contributed by atoms with Gasteiger partial charge in [-0.25, -0.2) is 9.97 Å². The van der Waals surface area contributed by atoms with Crippen molar-refractivity contribution in [2.45, 2.75) is 6.92 Å². The number of carboxylic acid groups (broad SMARTS) is 1. The summed E-state index contributed by atoms with van der Waals surface area (Å²) in [5.41, 5.74) is 13.4. The average Bonchev–Trinajstić information content (AvgIpc) is 3.69. The summed E-state index contributed by atoms with van der Waals surface area (Å²) in [7, 11) is 0. The number of nitrogen functional groups attached to an aromatic ring is 2. The number of rotatable bonds is 8. The highest BCUT2D eigenvalue weighted by Gasteiger charge is 2.10. The first-order chi connectivity index (χ1) is 19.8. The molecule has 0 aromatic carbocycles. The Kier molecular flexibility index (Phi) is 16.7. The minimum absolute atomic E-state index is 0. The largest absolute Gasteiger partial charge is 0.481 e. The molecule has 0 atom stereocenters. The lowest BCUT2D eigenvalue weighted by molar-refractivity contribution is -0.134. The topological polar surface area (TPSA) is 236 Å². The summed E-state index contributed by atoms with van der Waals surface area (Å²) in [6, 6.07) is 3.41. The molecule has 0 spiro atoms. The number of aliphatic carboxylic acids is 1. The number of carbonyl (C=O) groups excluding carboxylic acids is 2. The Morgan fingerprint density at radius 3 is 1.40 bits per heavy atom. The fourth-order valence-electron chi connectivity index (χ4n) is 2.79. The van der Waals surface area contributed by atoms with Crippen molar-refractivity contribution >= 4 is 118 Å². The number of H-pyrrole nitrogens is 4. The molecule has 0 bridgehead atoms. The molecule has 0 radical (unpaired) electrons. The highest BCUT2D eigenvalue weighted by Crippen LogP contribution is 2.23. The molecular weight excluding hydrogens is 847 g/mol. The Hall–Kier alpha value is -3.32. The molecule has 43 heavy (non-hydrogen) atoms. The maximum absolute atomic E-state index is 11.8. The smallest absolute Gasteiger partial charge is 0.300 e. The van der Waals surface area contributed by atoms with Crippen LogP contribution >= 0.6 is 76.1 Å². The summed E-state index contributed by atoms with van der Waals surface area (Å²) in [4.78, 5) is 51.8. The molecule has 0 unspecified atom stereocenters. The van der Waals surface area contributed by atoms with Gasteiger partial charge >= 0.3 is 0 Å². The Labute approximate surface area is 285 Å². The monoisotopic (exact) mass is 870 g/mol. The number of hydrogen-bond donors (Lipinski definition) is 9. The number of hydrogen-bond acceptors (Lipinski definition) is 7. The summed E-state index contributed by atoms with van der Waals surface area (Å²) < 4.78 is 3.09. The number of nitrogens with one attached hydrogen (secondary N) is 6. The molecule has 11 N–H and O–H groups in total. The van der Waals surface area contributed by atoms with Crippen LogP contribution in [0.4, 0.5) is 11.9 Å². The van der Waals surface area contributed by atoms with Gasteiger partial charge in [0.05, 0.1) is 41.9 Å². The normalized spacial score (nSPS) is 10.3. The van der Waals surface area contributed by atoms with Gasteiger partial charge in [-0.2, -0.15) is 0 Å². The average molecular weight is 875 g/mol. The zero-order chi connectivity index (χ0) is 31.2. The van der Waals surface area contributed by atoms with Crippen molar-refractivity contribution in [2.24, 2.45) is 0 Å². The molecule has 0 aliphatic carbocycles. The van der Waals surface area contributed by atoms with E-state index in [0.717, 1.165) is 36.5 Å². The van der Waals surface area contributed by atoms with Crippen LogP contribution in [0, 0.1) is 0 Å². The van der Waals surface area contributed by atoms with Crippen molar-refractivity contribution in [3.63, 3.8) is 0 Å². The number of nitrogens with two attached hydrogens (primary N) is 2. The molecule has 0 aliphatic rings. The predicted octanol–water partition coefficient (Wildman–Crippen LogP) is 5.09. The summed E-state index contributed by atoms with van der Waals surface area (Å²) in [5, 5.41) is 12.9. The standard InChI is InChI=1S/2C11H11Br2N5O.C2H4O2.ClH/c2*12-7-4-8(18-9(7)13)10(19)15-3-1-2-6-5-16-11(14)17-6;1-2(3)4;/h2*1-2,4-5,18H,3H2,(H,15,19)(H3,14,16,17);1H3,(H,3,4);1H/b2-1+;2-1-;;. The molecule has 4 aromatic heterocycles. The van der Waals surface area contributed by atoms with Crippen LogP contribution in [-0.4, -0.2) is 65.9 Å². The third-order valence-corrected chi connectivity index (χ3v) is 8.09. The van der Waals surface area contributed by atoms with E-state index in [1.165, 1.54) is 0 Å². The van der Waals surface area contributed by atoms with Gasteiger partial charge in [0.2, 0.25) is 0 Å². The second kappa shape index (κ2) is 19.1. The summed E-state index contributed by atoms with van der Waals surface area (Å²) >= 11 is 13.2. The first kappa shape index (κ1) is 37.7. The third kappa shape index (κ3) is 14.1. The summed E-state index contributed by atoms with van der Waals surface area (Å²) in [6.45, 7) is 1.90. The molecule has 232 valence electrons. The number of anilines is 2. The van der Waals surface area contributed by atoms with E-state index in [4.69, 9.17) is 21.4 Å². The zero-order valence-corrected chi connectivity index (χ0v) is 29.3. The van der Waals surface area contributed by atoms with E-state index < -0.39 is 5.97 Å². The lowest BCUT2D eigenvalue weighted by Crippen LogP contribution is -2.23. The Morgan fingerprint density at radius 1 is 0.791 bits per heavy atom. The number of aromatic nitrogens is 6. The second-order valence-electron chi connectivity index (χ2n) is 7.88. The zero-order valence-electron chi connectivity index (χ0n) is 22.2. The number of nitrogens with zero attached hydrogens (tertiary/aromatic N) is 2. The number of amides is 2. The van der Waals surface area contributed by atoms with Gasteiger partial charge in [-0.15, -0.1) is 12.4 Å². The maximum atomic E-state index is 11.8. The Balaban J connectivity index is 0.000000375. The van der Waals surface area contributed by atoms with Crippen molar-refractivity contribution in [3.8, 4) is 0 Å². The highest BCUT2D eigenvalue weighted by molar-refractivity contribution is 9.13. The highest BCUT2D eigenvalue weighted by atomic mass is 79.9. The van der Waals surface area contributed by atoms with E-state index in [0.29, 0.717) is 36.4 Å². The van der Waals surface area contributed by atoms with Gasteiger partial charge in [0.25, 0.3) is 17.8 Å². The van der Waals surface area contributed by atoms with Gasteiger partial charge in [0.15, 0.2) is 11.9 Å². The molecule has 0 saturated carbocycles. The fraction of sp³-hybridized carbons (Fsp3) is 0.125. The van der Waals surface area contributed by atoms with Gasteiger partial charge in [0, 0.05) is 20.0 Å². The lowest BCUT2D eigenvalue weighted by atomic mass is 10.4. The van der Waals surface area contributed by atoms with Crippen LogP contribution in [-0.2, 0) is 4.79 Å². The first-order valence-electron chi connectivity index (χ1n) is 11.6. The van der Waals surface area contributed by atoms with Crippen LogP contribution in [0.15, 0.2) is 54.8 Å². The van der Waals surface area contributed by atoms with E-state index >= 15 is 0 Å². The van der Waals surface area contributed by atoms with Crippen LogP contribution in [0.2, 0.25) is 0 Å². The summed E-state index contributed by atoms with van der Waals surface area (Å²) in [6.07, 6.45) is 10.4. The number of carbonyl (C=O) groups is 3. The van der Waals surface area contributed by atoms with Gasteiger partial charge in [-0.1, -0.05) is 12.2 Å². The van der Waals surface area contributed by atoms with E-state index in [1.54, 1.807) is 48.8 Å². The molecular formula is C24H27Br4ClN10O4. The number of aromatic amines is 4.